The second kappa shape index (κ2) is 22.2. The van der Waals surface area contributed by atoms with Crippen molar-refractivity contribution in [3.05, 3.63) is 59.2 Å². The molecule has 0 aromatic heterocycles. The van der Waals surface area contributed by atoms with Crippen molar-refractivity contribution in [2.45, 2.75) is 56.3 Å². The molecule has 0 saturated carbocycles. The molecule has 9 heteroatoms. The molecule has 4 rings (SSSR count). The number of methoxy groups -OCH3 is 2. The maximum absolute atomic E-state index is 5.13. The zero-order chi connectivity index (χ0) is 27.5. The molecule has 2 atom stereocenters. The van der Waals surface area contributed by atoms with E-state index in [9.17, 15) is 0 Å². The lowest BCUT2D eigenvalue weighted by Crippen LogP contribution is -1.98. The first kappa shape index (κ1) is 35.5. The van der Waals surface area contributed by atoms with Gasteiger partial charge in [-0.15, -0.1) is 0 Å². The van der Waals surface area contributed by atoms with E-state index in [0.29, 0.717) is 5.92 Å². The fourth-order valence-electron chi connectivity index (χ4n) is 3.18. The van der Waals surface area contributed by atoms with Gasteiger partial charge in [-0.05, 0) is 71.4 Å². The van der Waals surface area contributed by atoms with Gasteiger partial charge < -0.3 is 9.47 Å². The Balaban J connectivity index is 0.000000261. The first-order valence-corrected chi connectivity index (χ1v) is 19.3. The number of hydrogen-bond donors (Lipinski definition) is 3. The molecule has 2 heterocycles. The van der Waals surface area contributed by atoms with E-state index in [1.54, 1.807) is 14.2 Å². The molecule has 2 saturated heterocycles. The van der Waals surface area contributed by atoms with E-state index in [2.05, 4.69) is 76.9 Å². The van der Waals surface area contributed by atoms with Gasteiger partial charge in [-0.3, -0.25) is 0 Å². The molecule has 2 aromatic carbocycles. The second-order valence-corrected chi connectivity index (χ2v) is 15.2. The van der Waals surface area contributed by atoms with Crippen LogP contribution in [0.2, 0.25) is 0 Å². The maximum atomic E-state index is 5.13. The minimum atomic E-state index is 0.564. The Morgan fingerprint density at radius 2 is 1.41 bits per heavy atom. The second-order valence-electron chi connectivity index (χ2n) is 8.76. The molecule has 2 aliphatic heterocycles. The summed E-state index contributed by atoms with van der Waals surface area (Å²) < 4.78 is 10.2. The first-order chi connectivity index (χ1) is 17.9. The molecule has 2 nitrogen and oxygen atoms in total. The average Bonchev–Trinajstić information content (AvgIpc) is 3.63. The van der Waals surface area contributed by atoms with Crippen LogP contribution in [0.15, 0.2) is 42.5 Å². The maximum Gasteiger partial charge on any atom is 0.119 e. The molecule has 210 valence electrons. The van der Waals surface area contributed by atoms with Gasteiger partial charge in [0.15, 0.2) is 0 Å². The number of ether oxygens (including phenoxy) is 2. The van der Waals surface area contributed by atoms with Crippen molar-refractivity contribution in [2.24, 2.45) is 5.92 Å². The summed E-state index contributed by atoms with van der Waals surface area (Å²) >= 11 is 12.7. The summed E-state index contributed by atoms with van der Waals surface area (Å²) in [5.74, 6) is 9.80. The molecule has 2 aromatic rings. The molecule has 0 radical (unpaired) electrons. The van der Waals surface area contributed by atoms with Gasteiger partial charge in [0.2, 0.25) is 0 Å². The minimum absolute atomic E-state index is 0.564. The smallest absolute Gasteiger partial charge is 0.119 e. The van der Waals surface area contributed by atoms with E-state index < -0.39 is 0 Å². The third-order valence-electron chi connectivity index (χ3n) is 5.56. The quantitative estimate of drug-likeness (QED) is 0.206. The largest absolute Gasteiger partial charge is 0.497 e. The van der Waals surface area contributed by atoms with E-state index in [4.69, 9.17) is 9.47 Å². The number of hydrogen-bond acceptors (Lipinski definition) is 9. The van der Waals surface area contributed by atoms with Crippen molar-refractivity contribution in [3.63, 3.8) is 0 Å². The fraction of sp³-hybridized carbons (Fsp3) is 0.571. The third kappa shape index (κ3) is 15.8. The van der Waals surface area contributed by atoms with Crippen molar-refractivity contribution >= 4 is 81.1 Å². The Bertz CT molecular complexity index is 751. The predicted molar refractivity (Wildman–Crippen MR) is 186 cm³/mol. The van der Waals surface area contributed by atoms with Crippen LogP contribution in [0.5, 0.6) is 11.5 Å². The van der Waals surface area contributed by atoms with Gasteiger partial charge in [0.1, 0.15) is 11.5 Å². The highest BCUT2D eigenvalue weighted by atomic mass is 33.1. The Kier molecular flexibility index (Phi) is 21.3. The number of rotatable bonds is 7. The Hall–Kier alpha value is 0.490. The summed E-state index contributed by atoms with van der Waals surface area (Å²) in [6, 6.07) is 14.3. The third-order valence-corrected chi connectivity index (χ3v) is 12.6. The topological polar surface area (TPSA) is 18.5 Å². The lowest BCUT2D eigenvalue weighted by Gasteiger charge is -2.12. The van der Waals surface area contributed by atoms with Gasteiger partial charge in [0.05, 0.1) is 14.2 Å². The van der Waals surface area contributed by atoms with Crippen LogP contribution in [0.4, 0.5) is 0 Å². The molecule has 37 heavy (non-hydrogen) atoms. The zero-order valence-corrected chi connectivity index (χ0v) is 28.7. The van der Waals surface area contributed by atoms with Gasteiger partial charge in [0.25, 0.3) is 0 Å². The lowest BCUT2D eigenvalue weighted by molar-refractivity contribution is 0.414. The minimum Gasteiger partial charge on any atom is -0.497 e. The van der Waals surface area contributed by atoms with Gasteiger partial charge in [0, 0.05) is 34.0 Å². The summed E-state index contributed by atoms with van der Waals surface area (Å²) in [5.41, 5.74) is 3.68. The predicted octanol–water partition coefficient (Wildman–Crippen LogP) is 9.85. The van der Waals surface area contributed by atoms with Crippen molar-refractivity contribution in [1.82, 2.24) is 0 Å². The Morgan fingerprint density at radius 3 is 1.70 bits per heavy atom. The van der Waals surface area contributed by atoms with Crippen LogP contribution in [-0.2, 0) is 11.5 Å². The molecule has 0 N–H and O–H groups in total. The van der Waals surface area contributed by atoms with E-state index in [1.807, 2.05) is 67.4 Å². The number of benzene rings is 2. The highest BCUT2D eigenvalue weighted by Gasteiger charge is 2.09. The Morgan fingerprint density at radius 1 is 0.838 bits per heavy atom. The molecule has 0 aliphatic carbocycles. The molecule has 0 amide bonds. The zero-order valence-electron chi connectivity index (χ0n) is 22.7. The molecule has 0 spiro atoms. The first-order valence-electron chi connectivity index (χ1n) is 12.6. The number of thiol groups is 3. The summed E-state index contributed by atoms with van der Waals surface area (Å²) in [5, 5.41) is 0.926. The molecule has 2 aliphatic rings. The monoisotopic (exact) mass is 636 g/mol. The molecular formula is C28H44O2S7. The standard InChI is InChI=1S/C11H16OS.C9H12OS2.2C4H8S2/c1-3-9(8-13)10-4-6-11(12-2)7-5-10;1-10-9-3-7(5-11)2-8(4-9)6-12;1-4-2-5-6-3-4;1-4-2-3-5-6-4/h4-7,9,13H,3,8H2,1-2H3;2-4,11-12H,5-6H2,1H3;2*4H,2-3H2,1H3. The van der Waals surface area contributed by atoms with E-state index in [1.165, 1.54) is 40.4 Å². The molecule has 0 bridgehead atoms. The SMILES string of the molecule is CC1CCSS1.CC1CSSC1.CCC(CS)c1ccc(OC)cc1.COc1cc(CS)cc(CS)c1. The van der Waals surface area contributed by atoms with Gasteiger partial charge >= 0.3 is 0 Å². The average molecular weight is 637 g/mol. The van der Waals surface area contributed by atoms with Gasteiger partial charge in [-0.25, -0.2) is 0 Å². The highest BCUT2D eigenvalue weighted by molar-refractivity contribution is 8.77. The van der Waals surface area contributed by atoms with Crippen LogP contribution in [0.1, 0.15) is 56.2 Å². The van der Waals surface area contributed by atoms with Crippen LogP contribution in [0.25, 0.3) is 0 Å². The van der Waals surface area contributed by atoms with Crippen molar-refractivity contribution in [2.75, 3.05) is 37.2 Å². The lowest BCUT2D eigenvalue weighted by atomic mass is 9.98. The van der Waals surface area contributed by atoms with Gasteiger partial charge in [-0.2, -0.15) is 37.9 Å². The summed E-state index contributed by atoms with van der Waals surface area (Å²) in [7, 11) is 11.4. The summed E-state index contributed by atoms with van der Waals surface area (Å²) in [6.45, 7) is 6.77. The summed E-state index contributed by atoms with van der Waals surface area (Å²) in [4.78, 5) is 0. The summed E-state index contributed by atoms with van der Waals surface area (Å²) in [6.07, 6.45) is 2.55. The van der Waals surface area contributed by atoms with Crippen LogP contribution >= 0.6 is 81.1 Å². The van der Waals surface area contributed by atoms with E-state index in [-0.39, 0.29) is 0 Å². The van der Waals surface area contributed by atoms with Crippen molar-refractivity contribution < 1.29 is 9.47 Å². The van der Waals surface area contributed by atoms with Crippen LogP contribution in [0, 0.1) is 5.92 Å². The van der Waals surface area contributed by atoms with Crippen LogP contribution < -0.4 is 9.47 Å². The fourth-order valence-corrected chi connectivity index (χ4v) is 9.73. The van der Waals surface area contributed by atoms with Crippen molar-refractivity contribution in [1.29, 1.82) is 0 Å². The van der Waals surface area contributed by atoms with Crippen LogP contribution in [0.3, 0.4) is 0 Å². The highest BCUT2D eigenvalue weighted by Crippen LogP contribution is 2.36. The van der Waals surface area contributed by atoms with E-state index in [0.717, 1.165) is 46.3 Å². The molecule has 2 fully saturated rings. The van der Waals surface area contributed by atoms with Crippen LogP contribution in [-0.4, -0.2) is 42.5 Å². The molecular weight excluding hydrogens is 593 g/mol. The van der Waals surface area contributed by atoms with Crippen molar-refractivity contribution in [3.8, 4) is 11.5 Å². The molecule has 2 unspecified atom stereocenters. The van der Waals surface area contributed by atoms with E-state index >= 15 is 0 Å². The van der Waals surface area contributed by atoms with Gasteiger partial charge in [-0.1, -0.05) is 82.1 Å². The Labute approximate surface area is 258 Å². The normalized spacial score (nSPS) is 17.4.